The lowest BCUT2D eigenvalue weighted by atomic mass is 10.0. The van der Waals surface area contributed by atoms with E-state index in [1.54, 1.807) is 12.1 Å². The number of alkyl halides is 3. The van der Waals surface area contributed by atoms with E-state index in [2.05, 4.69) is 11.3 Å². The third kappa shape index (κ3) is 5.10. The molecular formula is C11H13ClF3NO. The first-order chi connectivity index (χ1) is 7.44. The quantitative estimate of drug-likeness (QED) is 0.846. The third-order valence-electron chi connectivity index (χ3n) is 1.96. The van der Waals surface area contributed by atoms with Gasteiger partial charge in [0.15, 0.2) is 0 Å². The maximum Gasteiger partial charge on any atom is 0.573 e. The molecule has 0 aliphatic rings. The van der Waals surface area contributed by atoms with Crippen LogP contribution < -0.4 is 10.5 Å². The minimum Gasteiger partial charge on any atom is -0.405 e. The van der Waals surface area contributed by atoms with E-state index >= 15 is 0 Å². The van der Waals surface area contributed by atoms with Crippen molar-refractivity contribution in [2.75, 3.05) is 0 Å². The van der Waals surface area contributed by atoms with Crippen molar-refractivity contribution in [1.29, 1.82) is 0 Å². The van der Waals surface area contributed by atoms with Gasteiger partial charge in [0.05, 0.1) is 0 Å². The van der Waals surface area contributed by atoms with E-state index in [4.69, 9.17) is 5.73 Å². The minimum absolute atomic E-state index is 0. The van der Waals surface area contributed by atoms with Crippen molar-refractivity contribution in [3.8, 4) is 5.75 Å². The second-order valence-corrected chi connectivity index (χ2v) is 3.22. The summed E-state index contributed by atoms with van der Waals surface area (Å²) in [4.78, 5) is 0. The van der Waals surface area contributed by atoms with Gasteiger partial charge in [0.2, 0.25) is 0 Å². The predicted molar refractivity (Wildman–Crippen MR) is 62.1 cm³/mol. The van der Waals surface area contributed by atoms with Crippen LogP contribution in [0.4, 0.5) is 13.2 Å². The van der Waals surface area contributed by atoms with E-state index in [1.807, 2.05) is 0 Å². The van der Waals surface area contributed by atoms with Crippen molar-refractivity contribution in [3.05, 3.63) is 42.5 Å². The first-order valence-electron chi connectivity index (χ1n) is 4.65. The number of nitrogens with two attached hydrogens (primary N) is 1. The second kappa shape index (κ2) is 6.51. The number of ether oxygens (including phenoxy) is 1. The molecule has 1 rings (SSSR count). The minimum atomic E-state index is -4.70. The molecule has 2 nitrogen and oxygen atoms in total. The molecule has 0 heterocycles. The van der Waals surface area contributed by atoms with Crippen molar-refractivity contribution in [3.63, 3.8) is 0 Å². The zero-order chi connectivity index (χ0) is 12.2. The molecule has 96 valence electrons. The van der Waals surface area contributed by atoms with Crippen LogP contribution in [0.25, 0.3) is 0 Å². The monoisotopic (exact) mass is 267 g/mol. The fourth-order valence-electron chi connectivity index (χ4n) is 1.31. The predicted octanol–water partition coefficient (Wildman–Crippen LogP) is 3.58. The SMILES string of the molecule is C=CC[C@@H](N)c1ccccc1OC(F)(F)F.Cl. The van der Waals surface area contributed by atoms with Crippen LogP contribution in [-0.2, 0) is 0 Å². The van der Waals surface area contributed by atoms with Gasteiger partial charge in [0.25, 0.3) is 0 Å². The molecule has 1 aromatic rings. The number of benzene rings is 1. The number of hydrogen-bond acceptors (Lipinski definition) is 2. The van der Waals surface area contributed by atoms with Crippen molar-refractivity contribution >= 4 is 12.4 Å². The zero-order valence-electron chi connectivity index (χ0n) is 8.91. The molecule has 0 spiro atoms. The van der Waals surface area contributed by atoms with Gasteiger partial charge < -0.3 is 10.5 Å². The zero-order valence-corrected chi connectivity index (χ0v) is 9.72. The summed E-state index contributed by atoms with van der Waals surface area (Å²) in [5.74, 6) is -0.260. The van der Waals surface area contributed by atoms with E-state index in [0.717, 1.165) is 0 Å². The molecule has 0 saturated heterocycles. The average molecular weight is 268 g/mol. The molecule has 0 aromatic heterocycles. The van der Waals surface area contributed by atoms with Crippen molar-refractivity contribution in [2.45, 2.75) is 18.8 Å². The summed E-state index contributed by atoms with van der Waals surface area (Å²) in [7, 11) is 0. The Morgan fingerprint density at radius 3 is 2.47 bits per heavy atom. The molecule has 2 N–H and O–H groups in total. The third-order valence-corrected chi connectivity index (χ3v) is 1.96. The normalized spacial score (nSPS) is 12.5. The van der Waals surface area contributed by atoms with Crippen LogP contribution in [0.5, 0.6) is 5.75 Å². The molecule has 0 aliphatic carbocycles. The molecule has 0 amide bonds. The van der Waals surface area contributed by atoms with Gasteiger partial charge >= 0.3 is 6.36 Å². The van der Waals surface area contributed by atoms with E-state index in [1.165, 1.54) is 18.2 Å². The van der Waals surface area contributed by atoms with E-state index in [0.29, 0.717) is 12.0 Å². The Morgan fingerprint density at radius 1 is 1.35 bits per heavy atom. The van der Waals surface area contributed by atoms with Gasteiger partial charge in [-0.25, -0.2) is 0 Å². The van der Waals surface area contributed by atoms with E-state index in [9.17, 15) is 13.2 Å². The van der Waals surface area contributed by atoms with Gasteiger partial charge in [-0.2, -0.15) is 0 Å². The molecule has 0 saturated carbocycles. The van der Waals surface area contributed by atoms with Gasteiger partial charge in [-0.1, -0.05) is 24.3 Å². The number of hydrogen-bond donors (Lipinski definition) is 1. The fraction of sp³-hybridized carbons (Fsp3) is 0.273. The van der Waals surface area contributed by atoms with Crippen LogP contribution in [0.3, 0.4) is 0 Å². The Bertz CT molecular complexity index is 368. The smallest absolute Gasteiger partial charge is 0.405 e. The fourth-order valence-corrected chi connectivity index (χ4v) is 1.31. The van der Waals surface area contributed by atoms with Crippen LogP contribution in [-0.4, -0.2) is 6.36 Å². The molecule has 1 atom stereocenters. The lowest BCUT2D eigenvalue weighted by molar-refractivity contribution is -0.275. The van der Waals surface area contributed by atoms with Gasteiger partial charge in [-0.15, -0.1) is 32.2 Å². The summed E-state index contributed by atoms with van der Waals surface area (Å²) < 4.78 is 40.1. The van der Waals surface area contributed by atoms with Gasteiger partial charge in [-0.05, 0) is 12.5 Å². The second-order valence-electron chi connectivity index (χ2n) is 3.22. The Labute approximate surface area is 104 Å². The van der Waals surface area contributed by atoms with Crippen LogP contribution in [0.2, 0.25) is 0 Å². The Hall–Kier alpha value is -1.20. The molecule has 6 heteroatoms. The molecule has 0 aliphatic heterocycles. The summed E-state index contributed by atoms with van der Waals surface area (Å²) in [6, 6.07) is 5.28. The lowest BCUT2D eigenvalue weighted by Gasteiger charge is -2.16. The summed E-state index contributed by atoms with van der Waals surface area (Å²) >= 11 is 0. The van der Waals surface area contributed by atoms with Gasteiger partial charge in [0, 0.05) is 11.6 Å². The van der Waals surface area contributed by atoms with Crippen LogP contribution in [0.1, 0.15) is 18.0 Å². The number of halogens is 4. The topological polar surface area (TPSA) is 35.2 Å². The van der Waals surface area contributed by atoms with Crippen molar-refractivity contribution in [1.82, 2.24) is 0 Å². The Kier molecular flexibility index (Phi) is 6.05. The molecule has 0 unspecified atom stereocenters. The number of para-hydroxylation sites is 1. The van der Waals surface area contributed by atoms with Crippen LogP contribution in [0.15, 0.2) is 36.9 Å². The largest absolute Gasteiger partial charge is 0.573 e. The summed E-state index contributed by atoms with van der Waals surface area (Å²) in [6.07, 6.45) is -2.77. The lowest BCUT2D eigenvalue weighted by Crippen LogP contribution is -2.20. The molecule has 0 fully saturated rings. The Morgan fingerprint density at radius 2 is 1.94 bits per heavy atom. The first kappa shape index (κ1) is 15.8. The summed E-state index contributed by atoms with van der Waals surface area (Å²) in [5, 5.41) is 0. The van der Waals surface area contributed by atoms with Gasteiger partial charge in [-0.3, -0.25) is 0 Å². The molecule has 0 radical (unpaired) electrons. The average Bonchev–Trinajstić information content (AvgIpc) is 2.16. The Balaban J connectivity index is 0.00000256. The maximum absolute atomic E-state index is 12.1. The highest BCUT2D eigenvalue weighted by atomic mass is 35.5. The molecule has 0 bridgehead atoms. The van der Waals surface area contributed by atoms with Crippen molar-refractivity contribution in [2.24, 2.45) is 5.73 Å². The van der Waals surface area contributed by atoms with E-state index in [-0.39, 0.29) is 18.2 Å². The number of rotatable bonds is 4. The summed E-state index contributed by atoms with van der Waals surface area (Å²) in [6.45, 7) is 3.49. The standard InChI is InChI=1S/C11H12F3NO.ClH/c1-2-5-9(15)8-6-3-4-7-10(8)16-11(12,13)14;/h2-4,6-7,9H,1,5,15H2;1H/t9-;/m1./s1. The highest BCUT2D eigenvalue weighted by Crippen LogP contribution is 2.30. The van der Waals surface area contributed by atoms with Crippen molar-refractivity contribution < 1.29 is 17.9 Å². The van der Waals surface area contributed by atoms with Gasteiger partial charge in [0.1, 0.15) is 5.75 Å². The molecule has 17 heavy (non-hydrogen) atoms. The maximum atomic E-state index is 12.1. The van der Waals surface area contributed by atoms with Crippen LogP contribution >= 0.6 is 12.4 Å². The highest BCUT2D eigenvalue weighted by Gasteiger charge is 2.32. The first-order valence-corrected chi connectivity index (χ1v) is 4.65. The summed E-state index contributed by atoms with van der Waals surface area (Å²) in [5.41, 5.74) is 6.03. The van der Waals surface area contributed by atoms with Crippen LogP contribution in [0, 0.1) is 0 Å². The molecular weight excluding hydrogens is 255 g/mol. The van der Waals surface area contributed by atoms with E-state index < -0.39 is 12.4 Å². The molecule has 1 aromatic carbocycles. The highest BCUT2D eigenvalue weighted by molar-refractivity contribution is 5.85.